The predicted octanol–water partition coefficient (Wildman–Crippen LogP) is 3.95. The van der Waals surface area contributed by atoms with Gasteiger partial charge in [-0.1, -0.05) is 41.0 Å². The Morgan fingerprint density at radius 2 is 1.79 bits per heavy atom. The van der Waals surface area contributed by atoms with Gasteiger partial charge in [0, 0.05) is 23.0 Å². The van der Waals surface area contributed by atoms with Crippen molar-refractivity contribution in [3.05, 3.63) is 23.3 Å². The van der Waals surface area contributed by atoms with Crippen LogP contribution in [-0.2, 0) is 14.4 Å². The summed E-state index contributed by atoms with van der Waals surface area (Å²) in [5.41, 5.74) is 0.275. The Balaban J connectivity index is 2.47. The lowest BCUT2D eigenvalue weighted by Gasteiger charge is -2.51. The van der Waals surface area contributed by atoms with Crippen LogP contribution in [-0.4, -0.2) is 22.6 Å². The first-order valence-corrected chi connectivity index (χ1v) is 8.73. The molecule has 2 aliphatic rings. The van der Waals surface area contributed by atoms with Gasteiger partial charge in [0.05, 0.1) is 0 Å². The van der Waals surface area contributed by atoms with Crippen molar-refractivity contribution in [3.8, 4) is 0 Å². The lowest BCUT2D eigenvalue weighted by atomic mass is 9.52. The van der Waals surface area contributed by atoms with E-state index in [1.807, 2.05) is 20.8 Å². The maximum Gasteiger partial charge on any atom is 0.303 e. The van der Waals surface area contributed by atoms with E-state index in [0.717, 1.165) is 19.3 Å². The molecule has 1 N–H and O–H groups in total. The molecule has 0 aromatic carbocycles. The molecule has 4 heteroatoms. The monoisotopic (exact) mass is 332 g/mol. The van der Waals surface area contributed by atoms with Crippen molar-refractivity contribution < 1.29 is 19.5 Å². The third-order valence-electron chi connectivity index (χ3n) is 5.96. The first kappa shape index (κ1) is 18.6. The van der Waals surface area contributed by atoms with Crippen LogP contribution in [0.1, 0.15) is 60.3 Å². The number of allylic oxidation sites excluding steroid dienone is 4. The van der Waals surface area contributed by atoms with Gasteiger partial charge in [0.2, 0.25) is 0 Å². The second-order valence-electron chi connectivity index (χ2n) is 8.45. The summed E-state index contributed by atoms with van der Waals surface area (Å²) in [5.74, 6) is -1.26. The standard InChI is InChI=1S/C20H28O4/c1-12(2)13-9-16(22)14(10-15(13)21)20(5)8-6-7-19(3,4)17(20)11-18(23)24/h9-10,12,17H,6-8,11H2,1-5H3,(H,23,24). The molecule has 1 fully saturated rings. The zero-order valence-corrected chi connectivity index (χ0v) is 15.3. The summed E-state index contributed by atoms with van der Waals surface area (Å²) < 4.78 is 0. The van der Waals surface area contributed by atoms with E-state index in [-0.39, 0.29) is 35.2 Å². The largest absolute Gasteiger partial charge is 0.481 e. The molecule has 2 rings (SSSR count). The van der Waals surface area contributed by atoms with Crippen LogP contribution in [0.3, 0.4) is 0 Å². The molecule has 0 spiro atoms. The van der Waals surface area contributed by atoms with Crippen LogP contribution in [0, 0.1) is 22.7 Å². The average Bonchev–Trinajstić information content (AvgIpc) is 2.44. The maximum atomic E-state index is 12.8. The summed E-state index contributed by atoms with van der Waals surface area (Å²) in [7, 11) is 0. The molecule has 0 saturated heterocycles. The first-order chi connectivity index (χ1) is 11.0. The van der Waals surface area contributed by atoms with Gasteiger partial charge in [-0.15, -0.1) is 0 Å². The Kier molecular flexibility index (Phi) is 4.89. The van der Waals surface area contributed by atoms with Gasteiger partial charge in [-0.25, -0.2) is 0 Å². The van der Waals surface area contributed by atoms with E-state index in [4.69, 9.17) is 0 Å². The molecular weight excluding hydrogens is 304 g/mol. The number of carboxylic acids is 1. The Morgan fingerprint density at radius 3 is 2.33 bits per heavy atom. The van der Waals surface area contributed by atoms with Crippen LogP contribution in [0.4, 0.5) is 0 Å². The topological polar surface area (TPSA) is 71.4 Å². The van der Waals surface area contributed by atoms with E-state index in [1.165, 1.54) is 12.2 Å². The van der Waals surface area contributed by atoms with Crippen molar-refractivity contribution >= 4 is 17.5 Å². The third-order valence-corrected chi connectivity index (χ3v) is 5.96. The number of aliphatic carboxylic acids is 1. The molecule has 4 nitrogen and oxygen atoms in total. The van der Waals surface area contributed by atoms with E-state index in [1.54, 1.807) is 0 Å². The van der Waals surface area contributed by atoms with E-state index in [0.29, 0.717) is 11.1 Å². The van der Waals surface area contributed by atoms with E-state index >= 15 is 0 Å². The van der Waals surface area contributed by atoms with Gasteiger partial charge < -0.3 is 5.11 Å². The molecule has 132 valence electrons. The molecule has 0 radical (unpaired) electrons. The molecule has 0 aromatic heterocycles. The van der Waals surface area contributed by atoms with Crippen LogP contribution in [0.15, 0.2) is 23.3 Å². The Morgan fingerprint density at radius 1 is 1.17 bits per heavy atom. The second-order valence-corrected chi connectivity index (χ2v) is 8.45. The minimum Gasteiger partial charge on any atom is -0.481 e. The fourth-order valence-corrected chi connectivity index (χ4v) is 4.59. The number of hydrogen-bond donors (Lipinski definition) is 1. The highest BCUT2D eigenvalue weighted by Crippen LogP contribution is 2.56. The number of carboxylic acid groups (broad SMARTS) is 1. The van der Waals surface area contributed by atoms with Crippen LogP contribution >= 0.6 is 0 Å². The Bertz CT molecular complexity index is 636. The molecule has 0 bridgehead atoms. The highest BCUT2D eigenvalue weighted by molar-refractivity contribution is 6.20. The summed E-state index contributed by atoms with van der Waals surface area (Å²) in [6, 6.07) is 0. The smallest absolute Gasteiger partial charge is 0.303 e. The van der Waals surface area contributed by atoms with Crippen molar-refractivity contribution in [2.24, 2.45) is 22.7 Å². The van der Waals surface area contributed by atoms with E-state index in [2.05, 4.69) is 13.8 Å². The van der Waals surface area contributed by atoms with Gasteiger partial charge in [-0.05, 0) is 42.2 Å². The molecule has 0 aliphatic heterocycles. The minimum atomic E-state index is -0.852. The van der Waals surface area contributed by atoms with E-state index < -0.39 is 11.4 Å². The van der Waals surface area contributed by atoms with Gasteiger partial charge in [0.15, 0.2) is 11.6 Å². The highest BCUT2D eigenvalue weighted by Gasteiger charge is 2.51. The van der Waals surface area contributed by atoms with Crippen LogP contribution < -0.4 is 0 Å². The van der Waals surface area contributed by atoms with Gasteiger partial charge in [-0.2, -0.15) is 0 Å². The summed E-state index contributed by atoms with van der Waals surface area (Å²) >= 11 is 0. The summed E-state index contributed by atoms with van der Waals surface area (Å²) in [6.07, 6.45) is 5.57. The van der Waals surface area contributed by atoms with Crippen molar-refractivity contribution in [3.63, 3.8) is 0 Å². The van der Waals surface area contributed by atoms with Crippen molar-refractivity contribution in [1.29, 1.82) is 0 Å². The number of carbonyl (C=O) groups excluding carboxylic acids is 2. The van der Waals surface area contributed by atoms with Crippen LogP contribution in [0.2, 0.25) is 0 Å². The lowest BCUT2D eigenvalue weighted by Crippen LogP contribution is -2.46. The highest BCUT2D eigenvalue weighted by atomic mass is 16.4. The molecule has 0 aromatic rings. The number of rotatable bonds is 4. The number of carbonyl (C=O) groups is 3. The second kappa shape index (κ2) is 6.30. The number of ketones is 2. The zero-order valence-electron chi connectivity index (χ0n) is 15.3. The molecule has 2 atom stereocenters. The normalized spacial score (nSPS) is 30.2. The van der Waals surface area contributed by atoms with Gasteiger partial charge in [0.25, 0.3) is 0 Å². The molecule has 2 aliphatic carbocycles. The molecule has 2 unspecified atom stereocenters. The molecule has 1 saturated carbocycles. The van der Waals surface area contributed by atoms with Gasteiger partial charge >= 0.3 is 5.97 Å². The quantitative estimate of drug-likeness (QED) is 0.791. The van der Waals surface area contributed by atoms with Crippen LogP contribution in [0.5, 0.6) is 0 Å². The summed E-state index contributed by atoms with van der Waals surface area (Å²) in [5, 5.41) is 9.38. The van der Waals surface area contributed by atoms with E-state index in [9.17, 15) is 19.5 Å². The SMILES string of the molecule is CC(C)C1=CC(=O)C(C2(C)CCCC(C)(C)C2CC(=O)O)=CC1=O. The Labute approximate surface area is 144 Å². The average molecular weight is 332 g/mol. The van der Waals surface area contributed by atoms with Crippen molar-refractivity contribution in [2.75, 3.05) is 0 Å². The van der Waals surface area contributed by atoms with Gasteiger partial charge in [-0.3, -0.25) is 14.4 Å². The fourth-order valence-electron chi connectivity index (χ4n) is 4.59. The van der Waals surface area contributed by atoms with Crippen molar-refractivity contribution in [2.45, 2.75) is 60.3 Å². The molecule has 0 heterocycles. The first-order valence-electron chi connectivity index (χ1n) is 8.73. The fraction of sp³-hybridized carbons (Fsp3) is 0.650. The van der Waals surface area contributed by atoms with Crippen molar-refractivity contribution in [1.82, 2.24) is 0 Å². The lowest BCUT2D eigenvalue weighted by molar-refractivity contribution is -0.142. The molecule has 24 heavy (non-hydrogen) atoms. The predicted molar refractivity (Wildman–Crippen MR) is 92.5 cm³/mol. The van der Waals surface area contributed by atoms with Crippen LogP contribution in [0.25, 0.3) is 0 Å². The summed E-state index contributed by atoms with van der Waals surface area (Å²) in [6.45, 7) is 9.90. The summed E-state index contributed by atoms with van der Waals surface area (Å²) in [4.78, 5) is 36.6. The Hall–Kier alpha value is -1.71. The number of hydrogen-bond acceptors (Lipinski definition) is 3. The minimum absolute atomic E-state index is 0.00432. The third kappa shape index (κ3) is 3.24. The molecular formula is C20H28O4. The molecule has 0 amide bonds. The maximum absolute atomic E-state index is 12.8. The zero-order chi connectivity index (χ0) is 18.3. The van der Waals surface area contributed by atoms with Gasteiger partial charge in [0.1, 0.15) is 0 Å².